The second-order valence-electron chi connectivity index (χ2n) is 7.37. The third-order valence-corrected chi connectivity index (χ3v) is 5.13. The normalized spacial score (nSPS) is 14.4. The van der Waals surface area contributed by atoms with Crippen LogP contribution in [0.1, 0.15) is 31.8 Å². The topological polar surface area (TPSA) is 124 Å². The van der Waals surface area contributed by atoms with Crippen molar-refractivity contribution in [1.29, 1.82) is 0 Å². The first-order chi connectivity index (χ1) is 16.3. The Balaban J connectivity index is 0.00000103. The zero-order valence-corrected chi connectivity index (χ0v) is 17.8. The summed E-state index contributed by atoms with van der Waals surface area (Å²) in [5, 5.41) is 9.13. The molecule has 1 unspecified atom stereocenters. The smallest absolute Gasteiger partial charge is 0.373 e. The summed E-state index contributed by atoms with van der Waals surface area (Å²) >= 11 is 0. The van der Waals surface area contributed by atoms with Gasteiger partial charge in [0.1, 0.15) is 24.7 Å². The van der Waals surface area contributed by atoms with Crippen LogP contribution in [0.5, 0.6) is 11.5 Å². The van der Waals surface area contributed by atoms with Gasteiger partial charge in [-0.25, -0.2) is 9.18 Å². The number of hydrogen-bond donors (Lipinski definition) is 1. The van der Waals surface area contributed by atoms with Crippen molar-refractivity contribution >= 4 is 23.7 Å². The summed E-state index contributed by atoms with van der Waals surface area (Å²) in [5.74, 6) is -1.28. The number of carbonyl (C=O) groups is 3. The Morgan fingerprint density at radius 2 is 1.53 bits per heavy atom. The van der Waals surface area contributed by atoms with Crippen LogP contribution < -0.4 is 9.47 Å². The van der Waals surface area contributed by atoms with Crippen molar-refractivity contribution in [2.24, 2.45) is 0 Å². The molecule has 0 aliphatic heterocycles. The first kappa shape index (κ1) is 24.3. The van der Waals surface area contributed by atoms with Crippen molar-refractivity contribution in [3.63, 3.8) is 0 Å². The summed E-state index contributed by atoms with van der Waals surface area (Å²) < 4.78 is 25.5. The molecule has 4 rings (SSSR count). The maximum Gasteiger partial charge on any atom is 0.373 e. The number of aliphatic carboxylic acids is 1. The Bertz CT molecular complexity index is 1220. The number of allylic oxidation sites excluding steroid dienone is 3. The van der Waals surface area contributed by atoms with Gasteiger partial charge in [0.25, 0.3) is 0 Å². The molecule has 0 saturated carbocycles. The van der Waals surface area contributed by atoms with E-state index in [4.69, 9.17) is 24.2 Å². The predicted octanol–water partition coefficient (Wildman–Crippen LogP) is 2.94. The standard InChI is InChI=1S/C24H19FO6.CO2/c25-17(12-30-20-8-2-5-14-4-1-7-18(26)22(14)20)13-31-21-9-3-6-15-10-16(24(28)29)11-19(27)23(15)21;2-1-3/h1-3,5-9,11,17H,4,10,12-13H2,(H,28,29);. The number of hydrogen-bond acceptors (Lipinski definition) is 7. The molecule has 9 heteroatoms. The molecule has 8 nitrogen and oxygen atoms in total. The summed E-state index contributed by atoms with van der Waals surface area (Å²) in [7, 11) is 0. The van der Waals surface area contributed by atoms with Crippen LogP contribution >= 0.6 is 0 Å². The number of fused-ring (bicyclic) bond motifs is 2. The maximum atomic E-state index is 14.5. The first-order valence-corrected chi connectivity index (χ1v) is 10.2. The Kier molecular flexibility index (Phi) is 7.84. The molecule has 0 bridgehead atoms. The van der Waals surface area contributed by atoms with Crippen LogP contribution in [0, 0.1) is 0 Å². The Labute approximate surface area is 193 Å². The molecule has 1 atom stereocenters. The lowest BCUT2D eigenvalue weighted by atomic mass is 9.90. The molecular weight excluding hydrogens is 447 g/mol. The molecule has 1 N–H and O–H groups in total. The fourth-order valence-electron chi connectivity index (χ4n) is 3.68. The predicted molar refractivity (Wildman–Crippen MR) is 115 cm³/mol. The molecule has 0 fully saturated rings. The highest BCUT2D eigenvalue weighted by Crippen LogP contribution is 2.30. The van der Waals surface area contributed by atoms with Crippen LogP contribution in [-0.2, 0) is 27.2 Å². The van der Waals surface area contributed by atoms with E-state index in [2.05, 4.69) is 0 Å². The molecular formula is C25H19FO8. The number of benzene rings is 2. The van der Waals surface area contributed by atoms with Gasteiger partial charge in [-0.3, -0.25) is 9.59 Å². The SMILES string of the molecule is O=C(O)C1=CC(=O)c2c(cccc2OCC(F)COc2cccc3c2C(=O)C=CC3)C1.O=C=O. The molecule has 0 aromatic heterocycles. The third-order valence-electron chi connectivity index (χ3n) is 5.13. The number of ketones is 2. The van der Waals surface area contributed by atoms with E-state index in [9.17, 15) is 18.8 Å². The van der Waals surface area contributed by atoms with Crippen LogP contribution in [0.15, 0.2) is 60.2 Å². The quantitative estimate of drug-likeness (QED) is 0.661. The van der Waals surface area contributed by atoms with Crippen molar-refractivity contribution in [2.45, 2.75) is 19.0 Å². The van der Waals surface area contributed by atoms with E-state index in [1.807, 2.05) is 6.07 Å². The third kappa shape index (κ3) is 5.51. The second-order valence-corrected chi connectivity index (χ2v) is 7.37. The van der Waals surface area contributed by atoms with Crippen LogP contribution in [0.25, 0.3) is 0 Å². The van der Waals surface area contributed by atoms with Crippen molar-refractivity contribution in [2.75, 3.05) is 13.2 Å². The number of carboxylic acids is 1. The van der Waals surface area contributed by atoms with Crippen LogP contribution in [0.2, 0.25) is 0 Å². The van der Waals surface area contributed by atoms with Gasteiger partial charge in [-0.2, -0.15) is 9.59 Å². The lowest BCUT2D eigenvalue weighted by molar-refractivity contribution is -0.191. The van der Waals surface area contributed by atoms with Crippen molar-refractivity contribution in [3.8, 4) is 11.5 Å². The molecule has 0 saturated heterocycles. The highest BCUT2D eigenvalue weighted by molar-refractivity contribution is 6.13. The first-order valence-electron chi connectivity index (χ1n) is 10.2. The number of carboxylic acid groups (broad SMARTS) is 1. The second kappa shape index (κ2) is 11.0. The van der Waals surface area contributed by atoms with E-state index in [-0.39, 0.29) is 48.5 Å². The Morgan fingerprint density at radius 3 is 2.12 bits per heavy atom. The van der Waals surface area contributed by atoms with Gasteiger partial charge < -0.3 is 14.6 Å². The zero-order chi connectivity index (χ0) is 24.7. The van der Waals surface area contributed by atoms with Crippen LogP contribution in [-0.4, -0.2) is 48.2 Å². The van der Waals surface area contributed by atoms with E-state index in [0.29, 0.717) is 23.3 Å². The van der Waals surface area contributed by atoms with E-state index in [0.717, 1.165) is 11.6 Å². The molecule has 2 aliphatic rings. The lowest BCUT2D eigenvalue weighted by Gasteiger charge is -2.19. The minimum Gasteiger partial charge on any atom is -0.490 e. The fourth-order valence-corrected chi connectivity index (χ4v) is 3.68. The Hall–Kier alpha value is -4.36. The molecule has 2 aromatic carbocycles. The van der Waals surface area contributed by atoms with Gasteiger partial charge in [-0.05, 0) is 41.8 Å². The summed E-state index contributed by atoms with van der Waals surface area (Å²) in [6, 6.07) is 10.0. The largest absolute Gasteiger partial charge is 0.490 e. The van der Waals surface area contributed by atoms with Gasteiger partial charge in [-0.1, -0.05) is 30.3 Å². The average Bonchev–Trinajstić information content (AvgIpc) is 2.81. The fraction of sp³-hybridized carbons (Fsp3) is 0.200. The van der Waals surface area contributed by atoms with Crippen LogP contribution in [0.3, 0.4) is 0 Å². The minimum atomic E-state index is -1.51. The molecule has 0 heterocycles. The summed E-state index contributed by atoms with van der Waals surface area (Å²) in [5.41, 5.74) is 2.05. The summed E-state index contributed by atoms with van der Waals surface area (Å²) in [4.78, 5) is 51.9. The monoisotopic (exact) mass is 466 g/mol. The molecule has 174 valence electrons. The van der Waals surface area contributed by atoms with Gasteiger partial charge >= 0.3 is 12.1 Å². The molecule has 2 aliphatic carbocycles. The number of rotatable bonds is 7. The van der Waals surface area contributed by atoms with E-state index >= 15 is 0 Å². The number of ether oxygens (including phenoxy) is 2. The summed E-state index contributed by atoms with van der Waals surface area (Å²) in [6.07, 6.45) is 3.77. The van der Waals surface area contributed by atoms with Crippen molar-refractivity contribution in [1.82, 2.24) is 0 Å². The van der Waals surface area contributed by atoms with Gasteiger partial charge in [0, 0.05) is 12.0 Å². The molecule has 0 radical (unpaired) electrons. The van der Waals surface area contributed by atoms with E-state index in [1.165, 1.54) is 6.08 Å². The molecule has 34 heavy (non-hydrogen) atoms. The minimum absolute atomic E-state index is 0.00185. The van der Waals surface area contributed by atoms with Crippen molar-refractivity contribution < 1.29 is 42.9 Å². The number of carbonyl (C=O) groups excluding carboxylic acids is 4. The Morgan fingerprint density at radius 1 is 0.971 bits per heavy atom. The van der Waals surface area contributed by atoms with Gasteiger partial charge in [0.15, 0.2) is 17.7 Å². The molecule has 0 amide bonds. The number of halogens is 1. The molecule has 0 spiro atoms. The van der Waals surface area contributed by atoms with Crippen molar-refractivity contribution in [3.05, 3.63) is 82.5 Å². The lowest BCUT2D eigenvalue weighted by Crippen LogP contribution is -2.23. The van der Waals surface area contributed by atoms with Gasteiger partial charge in [0.2, 0.25) is 0 Å². The van der Waals surface area contributed by atoms with E-state index in [1.54, 1.807) is 36.4 Å². The van der Waals surface area contributed by atoms with Gasteiger partial charge in [0.05, 0.1) is 11.1 Å². The maximum absolute atomic E-state index is 14.5. The highest BCUT2D eigenvalue weighted by Gasteiger charge is 2.25. The zero-order valence-electron chi connectivity index (χ0n) is 17.8. The number of alkyl halides is 1. The van der Waals surface area contributed by atoms with Crippen LogP contribution in [0.4, 0.5) is 4.39 Å². The van der Waals surface area contributed by atoms with E-state index < -0.39 is 17.9 Å². The van der Waals surface area contributed by atoms with Gasteiger partial charge in [-0.15, -0.1) is 0 Å². The average molecular weight is 466 g/mol. The summed E-state index contributed by atoms with van der Waals surface area (Å²) in [6.45, 7) is -0.679. The molecule has 2 aromatic rings. The highest BCUT2D eigenvalue weighted by atomic mass is 19.1.